The molecule has 0 bridgehead atoms. The third-order valence-electron chi connectivity index (χ3n) is 2.48. The maximum absolute atomic E-state index is 13.8. The summed E-state index contributed by atoms with van der Waals surface area (Å²) >= 11 is 3.07. The Kier molecular flexibility index (Phi) is 2.56. The van der Waals surface area contributed by atoms with Crippen molar-refractivity contribution in [1.29, 1.82) is 0 Å². The number of aromatic nitrogens is 2. The molecular formula is C10H12BrFN2. The maximum Gasteiger partial charge on any atom is 0.164 e. The molecule has 14 heavy (non-hydrogen) atoms. The first-order valence-corrected chi connectivity index (χ1v) is 5.62. The van der Waals surface area contributed by atoms with Gasteiger partial charge in [-0.25, -0.2) is 4.39 Å². The van der Waals surface area contributed by atoms with Crippen LogP contribution in [0.3, 0.4) is 0 Å². The molecule has 2 nitrogen and oxygen atoms in total. The monoisotopic (exact) mass is 258 g/mol. The van der Waals surface area contributed by atoms with Gasteiger partial charge in [0.15, 0.2) is 10.4 Å². The average Bonchev–Trinajstić information content (AvgIpc) is 2.91. The number of halogens is 2. The zero-order chi connectivity index (χ0) is 10.3. The highest BCUT2D eigenvalue weighted by molar-refractivity contribution is 9.10. The van der Waals surface area contributed by atoms with E-state index in [2.05, 4.69) is 26.1 Å². The largest absolute Gasteiger partial charge is 0.204 e. The van der Waals surface area contributed by atoms with Crippen LogP contribution in [0.5, 0.6) is 0 Å². The van der Waals surface area contributed by atoms with Gasteiger partial charge in [-0.15, -0.1) is 5.10 Å². The summed E-state index contributed by atoms with van der Waals surface area (Å²) in [6, 6.07) is 0. The number of rotatable bonds is 2. The third-order valence-corrected chi connectivity index (χ3v) is 2.99. The molecule has 0 aliphatic heterocycles. The van der Waals surface area contributed by atoms with E-state index in [0.29, 0.717) is 5.92 Å². The lowest BCUT2D eigenvalue weighted by Gasteiger charge is -2.11. The van der Waals surface area contributed by atoms with Crippen LogP contribution in [0.2, 0.25) is 0 Å². The second-order valence-electron chi connectivity index (χ2n) is 4.03. The molecule has 1 aliphatic rings. The predicted octanol–water partition coefficient (Wildman–Crippen LogP) is 3.38. The molecule has 0 radical (unpaired) electrons. The van der Waals surface area contributed by atoms with Crippen LogP contribution in [0.25, 0.3) is 0 Å². The minimum absolute atomic E-state index is 0.164. The standard InChI is InChI=1S/C10H12BrFN2/c1-5(2)7-8(12)10(11)14-13-9(7)6-3-4-6/h5-6H,3-4H2,1-2H3. The summed E-state index contributed by atoms with van der Waals surface area (Å²) < 4.78 is 14.0. The van der Waals surface area contributed by atoms with Crippen molar-refractivity contribution in [3.63, 3.8) is 0 Å². The van der Waals surface area contributed by atoms with Crippen LogP contribution in [-0.2, 0) is 0 Å². The zero-order valence-corrected chi connectivity index (χ0v) is 9.81. The van der Waals surface area contributed by atoms with Crippen LogP contribution >= 0.6 is 15.9 Å². The molecule has 0 unspecified atom stereocenters. The molecular weight excluding hydrogens is 247 g/mol. The molecule has 1 saturated carbocycles. The van der Waals surface area contributed by atoms with E-state index in [1.165, 1.54) is 0 Å². The number of hydrogen-bond donors (Lipinski definition) is 0. The van der Waals surface area contributed by atoms with E-state index < -0.39 is 0 Å². The van der Waals surface area contributed by atoms with Crippen molar-refractivity contribution in [1.82, 2.24) is 10.2 Å². The first-order valence-electron chi connectivity index (χ1n) is 4.82. The highest BCUT2D eigenvalue weighted by atomic mass is 79.9. The van der Waals surface area contributed by atoms with Crippen LogP contribution in [0.1, 0.15) is 49.8 Å². The van der Waals surface area contributed by atoms with Gasteiger partial charge in [0.1, 0.15) is 0 Å². The van der Waals surface area contributed by atoms with Gasteiger partial charge in [-0.05, 0) is 34.7 Å². The van der Waals surface area contributed by atoms with Crippen molar-refractivity contribution in [2.24, 2.45) is 0 Å². The molecule has 1 fully saturated rings. The lowest BCUT2D eigenvalue weighted by molar-refractivity contribution is 0.566. The van der Waals surface area contributed by atoms with E-state index >= 15 is 0 Å². The molecule has 1 aliphatic carbocycles. The summed E-state index contributed by atoms with van der Waals surface area (Å²) in [6.07, 6.45) is 2.24. The lowest BCUT2D eigenvalue weighted by Crippen LogP contribution is -2.05. The van der Waals surface area contributed by atoms with E-state index in [9.17, 15) is 4.39 Å². The molecule has 1 heterocycles. The molecule has 0 saturated heterocycles. The van der Waals surface area contributed by atoms with Gasteiger partial charge in [0, 0.05) is 11.5 Å². The summed E-state index contributed by atoms with van der Waals surface area (Å²) in [5.41, 5.74) is 1.59. The Labute approximate surface area is 91.1 Å². The zero-order valence-electron chi connectivity index (χ0n) is 8.22. The van der Waals surface area contributed by atoms with Crippen LogP contribution in [0, 0.1) is 5.82 Å². The van der Waals surface area contributed by atoms with E-state index in [0.717, 1.165) is 24.1 Å². The summed E-state index contributed by atoms with van der Waals surface area (Å²) in [5, 5.41) is 7.86. The second-order valence-corrected chi connectivity index (χ2v) is 4.78. The molecule has 2 rings (SSSR count). The highest BCUT2D eigenvalue weighted by Gasteiger charge is 2.31. The summed E-state index contributed by atoms with van der Waals surface area (Å²) in [7, 11) is 0. The van der Waals surface area contributed by atoms with Crippen LogP contribution < -0.4 is 0 Å². The van der Waals surface area contributed by atoms with Crippen LogP contribution in [0.15, 0.2) is 4.60 Å². The Morgan fingerprint density at radius 3 is 2.50 bits per heavy atom. The molecule has 0 aromatic carbocycles. The minimum Gasteiger partial charge on any atom is -0.204 e. The van der Waals surface area contributed by atoms with E-state index in [1.54, 1.807) is 0 Å². The molecule has 4 heteroatoms. The van der Waals surface area contributed by atoms with Crippen molar-refractivity contribution in [3.8, 4) is 0 Å². The normalized spacial score (nSPS) is 16.4. The molecule has 0 amide bonds. The Balaban J connectivity index is 2.53. The fourth-order valence-electron chi connectivity index (χ4n) is 1.63. The van der Waals surface area contributed by atoms with Gasteiger partial charge in [-0.1, -0.05) is 13.8 Å². The molecule has 1 aromatic rings. The van der Waals surface area contributed by atoms with Gasteiger partial charge in [-0.2, -0.15) is 5.10 Å². The van der Waals surface area contributed by atoms with Gasteiger partial charge < -0.3 is 0 Å². The Bertz CT molecular complexity index is 361. The van der Waals surface area contributed by atoms with Crippen LogP contribution in [-0.4, -0.2) is 10.2 Å². The van der Waals surface area contributed by atoms with Crippen molar-refractivity contribution in [2.45, 2.75) is 38.5 Å². The van der Waals surface area contributed by atoms with Gasteiger partial charge in [0.25, 0.3) is 0 Å². The van der Waals surface area contributed by atoms with Gasteiger partial charge in [0.05, 0.1) is 5.69 Å². The molecule has 0 spiro atoms. The summed E-state index contributed by atoms with van der Waals surface area (Å²) in [4.78, 5) is 0. The van der Waals surface area contributed by atoms with Gasteiger partial charge in [0.2, 0.25) is 0 Å². The minimum atomic E-state index is -0.239. The maximum atomic E-state index is 13.8. The Morgan fingerprint density at radius 1 is 1.36 bits per heavy atom. The molecule has 1 aromatic heterocycles. The third kappa shape index (κ3) is 1.67. The first kappa shape index (κ1) is 10.0. The highest BCUT2D eigenvalue weighted by Crippen LogP contribution is 2.43. The van der Waals surface area contributed by atoms with E-state index in [-0.39, 0.29) is 16.3 Å². The van der Waals surface area contributed by atoms with Crippen LogP contribution in [0.4, 0.5) is 4.39 Å². The second kappa shape index (κ2) is 3.57. The number of hydrogen-bond acceptors (Lipinski definition) is 2. The predicted molar refractivity (Wildman–Crippen MR) is 55.8 cm³/mol. The van der Waals surface area contributed by atoms with E-state index in [1.807, 2.05) is 13.8 Å². The molecule has 76 valence electrons. The number of nitrogens with zero attached hydrogens (tertiary/aromatic N) is 2. The summed E-state index contributed by atoms with van der Waals surface area (Å²) in [5.74, 6) is 0.372. The fraction of sp³-hybridized carbons (Fsp3) is 0.600. The lowest BCUT2D eigenvalue weighted by atomic mass is 9.99. The van der Waals surface area contributed by atoms with Crippen molar-refractivity contribution in [3.05, 3.63) is 21.7 Å². The van der Waals surface area contributed by atoms with Gasteiger partial charge in [-0.3, -0.25) is 0 Å². The van der Waals surface area contributed by atoms with Crippen molar-refractivity contribution < 1.29 is 4.39 Å². The Morgan fingerprint density at radius 2 is 2.00 bits per heavy atom. The van der Waals surface area contributed by atoms with E-state index in [4.69, 9.17) is 0 Å². The summed E-state index contributed by atoms with van der Waals surface area (Å²) in [6.45, 7) is 3.97. The molecule has 0 N–H and O–H groups in total. The fourth-order valence-corrected chi connectivity index (χ4v) is 1.92. The Hall–Kier alpha value is -0.510. The average molecular weight is 259 g/mol. The molecule has 0 atom stereocenters. The quantitative estimate of drug-likeness (QED) is 0.813. The first-order chi connectivity index (χ1) is 6.61. The van der Waals surface area contributed by atoms with Gasteiger partial charge >= 0.3 is 0 Å². The topological polar surface area (TPSA) is 25.8 Å². The SMILES string of the molecule is CC(C)c1c(C2CC2)nnc(Br)c1F. The smallest absolute Gasteiger partial charge is 0.164 e. The van der Waals surface area contributed by atoms with Crippen molar-refractivity contribution in [2.75, 3.05) is 0 Å². The van der Waals surface area contributed by atoms with Crippen molar-refractivity contribution >= 4 is 15.9 Å².